The van der Waals surface area contributed by atoms with Crippen molar-refractivity contribution in [2.45, 2.75) is 33.2 Å². The Labute approximate surface area is 142 Å². The van der Waals surface area contributed by atoms with Crippen LogP contribution in [0.5, 0.6) is 0 Å². The maximum Gasteiger partial charge on any atom is 0.225 e. The molecule has 2 aromatic rings. The third kappa shape index (κ3) is 3.72. The number of para-hydroxylation sites is 1. The molecule has 0 N–H and O–H groups in total. The number of rotatable bonds is 5. The van der Waals surface area contributed by atoms with E-state index in [-0.39, 0.29) is 5.92 Å². The second-order valence-electron chi connectivity index (χ2n) is 6.19. The summed E-state index contributed by atoms with van der Waals surface area (Å²) in [6.07, 6.45) is 1.89. The molecular weight excluding hydrogens is 306 g/mol. The molecule has 5 heteroatoms. The first kappa shape index (κ1) is 16.4. The Morgan fingerprint density at radius 3 is 2.52 bits per heavy atom. The molecular formula is C18H25N3OS. The summed E-state index contributed by atoms with van der Waals surface area (Å²) < 4.78 is 1.25. The van der Waals surface area contributed by atoms with Crippen molar-refractivity contribution in [2.75, 3.05) is 26.2 Å². The minimum Gasteiger partial charge on any atom is -0.340 e. The summed E-state index contributed by atoms with van der Waals surface area (Å²) in [5.74, 6) is 0.542. The van der Waals surface area contributed by atoms with Crippen molar-refractivity contribution in [1.82, 2.24) is 14.8 Å². The average molecular weight is 331 g/mol. The Morgan fingerprint density at radius 1 is 1.17 bits per heavy atom. The molecule has 124 valence electrons. The van der Waals surface area contributed by atoms with Crippen LogP contribution in [0, 0.1) is 5.92 Å². The fourth-order valence-corrected chi connectivity index (χ4v) is 4.21. The Morgan fingerprint density at radius 2 is 1.87 bits per heavy atom. The van der Waals surface area contributed by atoms with Crippen LogP contribution in [0.1, 0.15) is 31.7 Å². The van der Waals surface area contributed by atoms with Crippen LogP contribution in [-0.4, -0.2) is 46.9 Å². The van der Waals surface area contributed by atoms with Crippen LogP contribution in [0.3, 0.4) is 0 Å². The maximum atomic E-state index is 12.4. The molecule has 1 saturated heterocycles. The predicted octanol–water partition coefficient (Wildman–Crippen LogP) is 3.38. The van der Waals surface area contributed by atoms with E-state index in [1.807, 2.05) is 11.0 Å². The van der Waals surface area contributed by atoms with E-state index in [9.17, 15) is 4.79 Å². The summed E-state index contributed by atoms with van der Waals surface area (Å²) in [7, 11) is 0. The minimum atomic E-state index is 0.200. The first-order chi connectivity index (χ1) is 11.2. The van der Waals surface area contributed by atoms with Gasteiger partial charge < -0.3 is 4.90 Å². The lowest BCUT2D eigenvalue weighted by atomic mass is 10.0. The molecule has 23 heavy (non-hydrogen) atoms. The maximum absolute atomic E-state index is 12.4. The van der Waals surface area contributed by atoms with Crippen molar-refractivity contribution in [3.8, 4) is 0 Å². The highest BCUT2D eigenvalue weighted by Gasteiger charge is 2.25. The molecule has 0 saturated carbocycles. The van der Waals surface area contributed by atoms with Crippen LogP contribution in [-0.2, 0) is 11.3 Å². The molecule has 1 aliphatic rings. The molecule has 0 unspecified atom stereocenters. The lowest BCUT2D eigenvalue weighted by Gasteiger charge is -2.35. The highest BCUT2D eigenvalue weighted by atomic mass is 32.1. The number of piperazine rings is 1. The average Bonchev–Trinajstić information content (AvgIpc) is 2.98. The smallest absolute Gasteiger partial charge is 0.225 e. The van der Waals surface area contributed by atoms with Gasteiger partial charge in [-0.15, -0.1) is 11.3 Å². The van der Waals surface area contributed by atoms with E-state index in [1.54, 1.807) is 11.3 Å². The van der Waals surface area contributed by atoms with Gasteiger partial charge in [0, 0.05) is 32.1 Å². The van der Waals surface area contributed by atoms with Crippen LogP contribution in [0.2, 0.25) is 0 Å². The second-order valence-corrected chi connectivity index (χ2v) is 7.31. The number of hydrogen-bond acceptors (Lipinski definition) is 4. The van der Waals surface area contributed by atoms with Crippen molar-refractivity contribution >= 4 is 27.5 Å². The molecule has 1 aromatic carbocycles. The highest BCUT2D eigenvalue weighted by Crippen LogP contribution is 2.23. The fraction of sp³-hybridized carbons (Fsp3) is 0.556. The molecule has 1 aliphatic heterocycles. The predicted molar refractivity (Wildman–Crippen MR) is 95.5 cm³/mol. The Balaban J connectivity index is 1.55. The van der Waals surface area contributed by atoms with Gasteiger partial charge >= 0.3 is 0 Å². The summed E-state index contributed by atoms with van der Waals surface area (Å²) in [5.41, 5.74) is 1.09. The molecule has 1 aromatic heterocycles. The number of fused-ring (bicyclic) bond motifs is 1. The van der Waals surface area contributed by atoms with E-state index in [4.69, 9.17) is 4.98 Å². The van der Waals surface area contributed by atoms with E-state index in [0.717, 1.165) is 51.1 Å². The van der Waals surface area contributed by atoms with Gasteiger partial charge in [0.2, 0.25) is 5.91 Å². The van der Waals surface area contributed by atoms with Gasteiger partial charge in [-0.2, -0.15) is 0 Å². The zero-order valence-electron chi connectivity index (χ0n) is 14.0. The van der Waals surface area contributed by atoms with Gasteiger partial charge in [-0.1, -0.05) is 26.0 Å². The van der Waals surface area contributed by atoms with Crippen molar-refractivity contribution in [3.05, 3.63) is 29.3 Å². The van der Waals surface area contributed by atoms with Crippen molar-refractivity contribution in [1.29, 1.82) is 0 Å². The molecule has 1 amide bonds. The lowest BCUT2D eigenvalue weighted by Crippen LogP contribution is -2.49. The summed E-state index contributed by atoms with van der Waals surface area (Å²) in [4.78, 5) is 21.6. The molecule has 3 rings (SSSR count). The summed E-state index contributed by atoms with van der Waals surface area (Å²) >= 11 is 1.78. The van der Waals surface area contributed by atoms with E-state index in [1.165, 1.54) is 9.71 Å². The molecule has 2 heterocycles. The largest absolute Gasteiger partial charge is 0.340 e. The van der Waals surface area contributed by atoms with Gasteiger partial charge in [-0.25, -0.2) is 4.98 Å². The number of hydrogen-bond donors (Lipinski definition) is 0. The van der Waals surface area contributed by atoms with Crippen molar-refractivity contribution in [2.24, 2.45) is 5.92 Å². The molecule has 0 atom stereocenters. The molecule has 0 spiro atoms. The van der Waals surface area contributed by atoms with E-state index in [2.05, 4.69) is 36.9 Å². The molecule has 1 fully saturated rings. The van der Waals surface area contributed by atoms with Gasteiger partial charge in [-0.05, 0) is 25.0 Å². The minimum absolute atomic E-state index is 0.200. The number of carbonyl (C=O) groups is 1. The quantitative estimate of drug-likeness (QED) is 0.843. The lowest BCUT2D eigenvalue weighted by molar-refractivity contribution is -0.137. The topological polar surface area (TPSA) is 36.4 Å². The van der Waals surface area contributed by atoms with Crippen LogP contribution in [0.15, 0.2) is 24.3 Å². The molecule has 0 bridgehead atoms. The number of benzene rings is 1. The highest BCUT2D eigenvalue weighted by molar-refractivity contribution is 7.18. The Kier molecular flexibility index (Phi) is 5.28. The van der Waals surface area contributed by atoms with E-state index < -0.39 is 0 Å². The van der Waals surface area contributed by atoms with Crippen LogP contribution in [0.25, 0.3) is 10.2 Å². The fourth-order valence-electron chi connectivity index (χ4n) is 3.20. The Hall–Kier alpha value is -1.46. The van der Waals surface area contributed by atoms with Crippen LogP contribution in [0.4, 0.5) is 0 Å². The van der Waals surface area contributed by atoms with Crippen LogP contribution < -0.4 is 0 Å². The summed E-state index contributed by atoms with van der Waals surface area (Å²) in [6.45, 7) is 8.70. The molecule has 0 aliphatic carbocycles. The standard InChI is InChI=1S/C18H25N3OS/c1-3-14(4-2)18(22)21-11-9-20(10-12-21)13-17-19-15-7-5-6-8-16(15)23-17/h5-8,14H,3-4,9-13H2,1-2H3. The molecule has 4 nitrogen and oxygen atoms in total. The zero-order valence-corrected chi connectivity index (χ0v) is 14.8. The first-order valence-electron chi connectivity index (χ1n) is 8.56. The van der Waals surface area contributed by atoms with Gasteiger partial charge in [0.1, 0.15) is 5.01 Å². The number of thiazole rings is 1. The normalized spacial score (nSPS) is 16.4. The van der Waals surface area contributed by atoms with Gasteiger partial charge in [0.15, 0.2) is 0 Å². The van der Waals surface area contributed by atoms with Gasteiger partial charge in [0.05, 0.1) is 16.8 Å². The van der Waals surface area contributed by atoms with Gasteiger partial charge in [0.25, 0.3) is 0 Å². The third-order valence-corrected chi connectivity index (χ3v) is 5.74. The second kappa shape index (κ2) is 7.41. The van der Waals surface area contributed by atoms with Gasteiger partial charge in [-0.3, -0.25) is 9.69 Å². The van der Waals surface area contributed by atoms with Crippen molar-refractivity contribution < 1.29 is 4.79 Å². The number of amides is 1. The number of nitrogens with zero attached hydrogens (tertiary/aromatic N) is 3. The SMILES string of the molecule is CCC(CC)C(=O)N1CCN(Cc2nc3ccccc3s2)CC1. The summed E-state index contributed by atoms with van der Waals surface area (Å²) in [6, 6.07) is 8.30. The third-order valence-electron chi connectivity index (χ3n) is 4.72. The van der Waals surface area contributed by atoms with E-state index in [0.29, 0.717) is 5.91 Å². The molecule has 0 radical (unpaired) electrons. The number of aromatic nitrogens is 1. The summed E-state index contributed by atoms with van der Waals surface area (Å²) in [5, 5.41) is 1.17. The monoisotopic (exact) mass is 331 g/mol. The number of carbonyl (C=O) groups excluding carboxylic acids is 1. The first-order valence-corrected chi connectivity index (χ1v) is 9.38. The Bertz CT molecular complexity index is 624. The zero-order chi connectivity index (χ0) is 16.2. The van der Waals surface area contributed by atoms with Crippen molar-refractivity contribution in [3.63, 3.8) is 0 Å². The van der Waals surface area contributed by atoms with Crippen LogP contribution >= 0.6 is 11.3 Å². The van der Waals surface area contributed by atoms with E-state index >= 15 is 0 Å².